The van der Waals surface area contributed by atoms with Gasteiger partial charge in [-0.15, -0.1) is 0 Å². The molecule has 2 atom stereocenters. The van der Waals surface area contributed by atoms with E-state index in [1.54, 1.807) is 0 Å². The van der Waals surface area contributed by atoms with Gasteiger partial charge in [0.1, 0.15) is 12.7 Å². The van der Waals surface area contributed by atoms with Crippen LogP contribution in [-0.2, 0) is 18.6 Å². The first-order valence-corrected chi connectivity index (χ1v) is 12.9. The van der Waals surface area contributed by atoms with Gasteiger partial charge in [-0.2, -0.15) is 0 Å². The topological polar surface area (TPSA) is 116 Å². The Balaban J connectivity index is 0. The van der Waals surface area contributed by atoms with Crippen LogP contribution in [0.3, 0.4) is 0 Å². The quantitative estimate of drug-likeness (QED) is 0.116. The molecule has 0 spiro atoms. The minimum absolute atomic E-state index is 0. The van der Waals surface area contributed by atoms with Gasteiger partial charge in [0.05, 0.1) is 6.61 Å². The van der Waals surface area contributed by atoms with E-state index in [9.17, 15) is 19.4 Å². The molecule has 0 fully saturated rings. The fourth-order valence-corrected chi connectivity index (χ4v) is 3.49. The number of aliphatic hydroxyl groups excluding tert-OH is 1. The molecule has 0 heterocycles. The molecular formula is C21H42NaO7P. The van der Waals surface area contributed by atoms with Crippen molar-refractivity contribution in [2.75, 3.05) is 13.2 Å². The Morgan fingerprint density at radius 1 is 0.833 bits per heavy atom. The zero-order valence-electron chi connectivity index (χ0n) is 19.2. The average molecular weight is 461 g/mol. The summed E-state index contributed by atoms with van der Waals surface area (Å²) in [6, 6.07) is 0. The van der Waals surface area contributed by atoms with Crippen LogP contribution in [0.25, 0.3) is 0 Å². The zero-order valence-corrected chi connectivity index (χ0v) is 22.1. The summed E-state index contributed by atoms with van der Waals surface area (Å²) in [4.78, 5) is 30.3. The van der Waals surface area contributed by atoms with Crippen molar-refractivity contribution in [2.24, 2.45) is 0 Å². The SMILES string of the molecule is CCCCCCCCCCCCCCCCCC(=O)OC[C@@H](O)COP(=O)([O-])O.[Na+]. The second-order valence-electron chi connectivity index (χ2n) is 7.80. The number of carbonyl (C=O) groups is 1. The van der Waals surface area contributed by atoms with Gasteiger partial charge >= 0.3 is 35.5 Å². The molecule has 0 rings (SSSR count). The largest absolute Gasteiger partial charge is 1.00 e. The molecule has 1 unspecified atom stereocenters. The van der Waals surface area contributed by atoms with E-state index in [1.807, 2.05) is 0 Å². The number of hydrogen-bond donors (Lipinski definition) is 2. The van der Waals surface area contributed by atoms with Gasteiger partial charge in [0.2, 0.25) is 0 Å². The van der Waals surface area contributed by atoms with E-state index in [4.69, 9.17) is 9.63 Å². The molecule has 174 valence electrons. The normalized spacial score (nSPS) is 14.0. The molecule has 0 aliphatic carbocycles. The van der Waals surface area contributed by atoms with Gasteiger partial charge in [-0.1, -0.05) is 96.8 Å². The Kier molecular flexibility index (Phi) is 24.8. The molecule has 0 radical (unpaired) electrons. The van der Waals surface area contributed by atoms with E-state index >= 15 is 0 Å². The zero-order chi connectivity index (χ0) is 21.8. The second-order valence-corrected chi connectivity index (χ2v) is 9.00. The van der Waals surface area contributed by atoms with Gasteiger partial charge in [-0.25, -0.2) is 0 Å². The first-order chi connectivity index (χ1) is 13.8. The van der Waals surface area contributed by atoms with Crippen LogP contribution in [0, 0.1) is 0 Å². The van der Waals surface area contributed by atoms with Crippen LogP contribution in [0.15, 0.2) is 0 Å². The number of hydrogen-bond acceptors (Lipinski definition) is 6. The summed E-state index contributed by atoms with van der Waals surface area (Å²) in [6.45, 7) is 1.26. The van der Waals surface area contributed by atoms with Gasteiger partial charge in [0.15, 0.2) is 0 Å². The van der Waals surface area contributed by atoms with Crippen molar-refractivity contribution in [1.29, 1.82) is 0 Å². The van der Waals surface area contributed by atoms with Crippen molar-refractivity contribution in [3.63, 3.8) is 0 Å². The van der Waals surface area contributed by atoms with E-state index in [1.165, 1.54) is 77.0 Å². The van der Waals surface area contributed by atoms with Crippen LogP contribution >= 0.6 is 7.82 Å². The fourth-order valence-electron chi connectivity index (χ4n) is 3.13. The van der Waals surface area contributed by atoms with Gasteiger partial charge in [0.25, 0.3) is 7.82 Å². The molecule has 0 saturated heterocycles. The third kappa shape index (κ3) is 26.6. The monoisotopic (exact) mass is 460 g/mol. The maximum atomic E-state index is 11.5. The van der Waals surface area contributed by atoms with E-state index in [-0.39, 0.29) is 42.6 Å². The Morgan fingerprint density at radius 2 is 1.23 bits per heavy atom. The van der Waals surface area contributed by atoms with Crippen molar-refractivity contribution in [1.82, 2.24) is 0 Å². The van der Waals surface area contributed by atoms with Crippen molar-refractivity contribution in [3.05, 3.63) is 0 Å². The van der Waals surface area contributed by atoms with E-state index in [0.717, 1.165) is 19.3 Å². The number of rotatable bonds is 21. The smallest absolute Gasteiger partial charge is 0.756 e. The summed E-state index contributed by atoms with van der Waals surface area (Å²) in [5, 5.41) is 9.39. The Bertz CT molecular complexity index is 432. The van der Waals surface area contributed by atoms with Crippen molar-refractivity contribution in [2.45, 2.75) is 116 Å². The summed E-state index contributed by atoms with van der Waals surface area (Å²) >= 11 is 0. The van der Waals surface area contributed by atoms with Gasteiger partial charge in [-0.05, 0) is 6.42 Å². The van der Waals surface area contributed by atoms with Crippen LogP contribution in [-0.4, -0.2) is 35.3 Å². The number of esters is 1. The Hall–Kier alpha value is 0.540. The van der Waals surface area contributed by atoms with Gasteiger partial charge in [-0.3, -0.25) is 9.36 Å². The number of carbonyl (C=O) groups excluding carboxylic acids is 1. The fraction of sp³-hybridized carbons (Fsp3) is 0.952. The van der Waals surface area contributed by atoms with E-state index in [0.29, 0.717) is 0 Å². The average Bonchev–Trinajstić information content (AvgIpc) is 2.67. The minimum atomic E-state index is -4.86. The summed E-state index contributed by atoms with van der Waals surface area (Å²) in [6.07, 6.45) is 17.8. The molecule has 0 bridgehead atoms. The maximum absolute atomic E-state index is 11.5. The number of unbranched alkanes of at least 4 members (excludes halogenated alkanes) is 14. The van der Waals surface area contributed by atoms with Gasteiger partial charge < -0.3 is 24.2 Å². The molecule has 0 aromatic carbocycles. The maximum Gasteiger partial charge on any atom is 1.00 e. The van der Waals surface area contributed by atoms with E-state index in [2.05, 4.69) is 11.4 Å². The van der Waals surface area contributed by atoms with Crippen molar-refractivity contribution >= 4 is 13.8 Å². The summed E-state index contributed by atoms with van der Waals surface area (Å²) in [7, 11) is -4.86. The summed E-state index contributed by atoms with van der Waals surface area (Å²) < 4.78 is 19.3. The molecule has 7 nitrogen and oxygen atoms in total. The van der Waals surface area contributed by atoms with Crippen LogP contribution in [0.5, 0.6) is 0 Å². The number of phosphoric acid groups is 1. The molecule has 0 amide bonds. The van der Waals surface area contributed by atoms with Crippen LogP contribution in [0.2, 0.25) is 0 Å². The minimum Gasteiger partial charge on any atom is -0.756 e. The van der Waals surface area contributed by atoms with Crippen LogP contribution < -0.4 is 34.5 Å². The van der Waals surface area contributed by atoms with Crippen molar-refractivity contribution < 1.29 is 63.1 Å². The summed E-state index contributed by atoms with van der Waals surface area (Å²) in [5.74, 6) is -0.423. The predicted octanol–water partition coefficient (Wildman–Crippen LogP) is 1.63. The molecule has 0 aliphatic rings. The van der Waals surface area contributed by atoms with Crippen LogP contribution in [0.1, 0.15) is 110 Å². The molecule has 30 heavy (non-hydrogen) atoms. The molecule has 2 N–H and O–H groups in total. The van der Waals surface area contributed by atoms with Gasteiger partial charge in [0, 0.05) is 6.42 Å². The van der Waals surface area contributed by atoms with E-state index < -0.39 is 26.5 Å². The number of phosphoric ester groups is 1. The second kappa shape index (κ2) is 22.7. The third-order valence-electron chi connectivity index (χ3n) is 4.85. The first kappa shape index (κ1) is 32.7. The van der Waals surface area contributed by atoms with Crippen molar-refractivity contribution in [3.8, 4) is 0 Å². The third-order valence-corrected chi connectivity index (χ3v) is 5.33. The Morgan fingerprint density at radius 3 is 1.63 bits per heavy atom. The molecular weight excluding hydrogens is 418 g/mol. The molecule has 0 saturated carbocycles. The number of aliphatic hydroxyl groups is 1. The first-order valence-electron chi connectivity index (χ1n) is 11.4. The molecule has 0 aromatic heterocycles. The summed E-state index contributed by atoms with van der Waals surface area (Å²) in [5.41, 5.74) is 0. The predicted molar refractivity (Wildman–Crippen MR) is 112 cm³/mol. The molecule has 0 aliphatic heterocycles. The Labute approximate surface area is 205 Å². The molecule has 9 heteroatoms. The number of ether oxygens (including phenoxy) is 1. The molecule has 0 aromatic rings. The van der Waals surface area contributed by atoms with Crippen LogP contribution in [0.4, 0.5) is 0 Å². The standard InChI is InChI=1S/C21H43O7P.Na/c1-2-3-4-5-6-7-8-9-10-11-12-13-14-15-16-17-21(23)27-18-20(22)19-28-29(24,25)26;/h20,22H,2-19H2,1H3,(H2,24,25,26);/q;+1/p-1/t20-;/m1./s1.